The van der Waals surface area contributed by atoms with Crippen LogP contribution in [0.2, 0.25) is 0 Å². The van der Waals surface area contributed by atoms with E-state index in [1.54, 1.807) is 50.4 Å². The predicted octanol–water partition coefficient (Wildman–Crippen LogP) is 3.73. The van der Waals surface area contributed by atoms with Crippen LogP contribution in [0, 0.1) is 6.92 Å². The largest absolute Gasteiger partial charge is 0.493 e. The molecule has 0 aliphatic heterocycles. The van der Waals surface area contributed by atoms with Gasteiger partial charge in [0, 0.05) is 11.5 Å². The summed E-state index contributed by atoms with van der Waals surface area (Å²) in [5.74, 6) is 0.994. The standard InChI is InChI=1S/C22H22O7/c1-12-16-8-7-15(28-13(2)21(23)27-5)11-18(16)29-22(24)20(12)14-6-9-17(25-3)19(10-14)26-4/h6-11,13H,1-5H3/t13-/m1/s1. The first-order valence-corrected chi connectivity index (χ1v) is 8.94. The minimum atomic E-state index is -0.781. The first kappa shape index (κ1) is 20.3. The Kier molecular flexibility index (Phi) is 5.77. The van der Waals surface area contributed by atoms with Gasteiger partial charge in [0.2, 0.25) is 0 Å². The Labute approximate surface area is 167 Å². The molecule has 1 atom stereocenters. The molecule has 1 heterocycles. The molecule has 3 rings (SSSR count). The van der Waals surface area contributed by atoms with Gasteiger partial charge in [-0.15, -0.1) is 0 Å². The number of carbonyl (C=O) groups is 1. The van der Waals surface area contributed by atoms with Crippen LogP contribution in [0.4, 0.5) is 0 Å². The Balaban J connectivity index is 2.07. The molecule has 0 saturated carbocycles. The Bertz CT molecular complexity index is 1110. The Hall–Kier alpha value is -3.48. The van der Waals surface area contributed by atoms with E-state index in [1.807, 2.05) is 6.92 Å². The summed E-state index contributed by atoms with van der Waals surface area (Å²) in [6.45, 7) is 3.43. The molecule has 0 amide bonds. The van der Waals surface area contributed by atoms with Crippen LogP contribution in [0.15, 0.2) is 45.6 Å². The number of fused-ring (bicyclic) bond motifs is 1. The molecule has 0 unspecified atom stereocenters. The summed E-state index contributed by atoms with van der Waals surface area (Å²) in [6, 6.07) is 10.3. The first-order chi connectivity index (χ1) is 13.9. The summed E-state index contributed by atoms with van der Waals surface area (Å²) >= 11 is 0. The van der Waals surface area contributed by atoms with Gasteiger partial charge in [0.15, 0.2) is 17.6 Å². The van der Waals surface area contributed by atoms with Crippen LogP contribution in [-0.4, -0.2) is 33.4 Å². The average molecular weight is 398 g/mol. The van der Waals surface area contributed by atoms with Gasteiger partial charge >= 0.3 is 11.6 Å². The summed E-state index contributed by atoms with van der Waals surface area (Å²) in [4.78, 5) is 24.3. The van der Waals surface area contributed by atoms with Gasteiger partial charge in [-0.3, -0.25) is 0 Å². The fourth-order valence-corrected chi connectivity index (χ4v) is 3.15. The molecule has 3 aromatic rings. The normalized spacial score (nSPS) is 11.8. The van der Waals surface area contributed by atoms with Gasteiger partial charge in [-0.05, 0) is 49.2 Å². The van der Waals surface area contributed by atoms with Crippen LogP contribution >= 0.6 is 0 Å². The molecule has 0 saturated heterocycles. The van der Waals surface area contributed by atoms with Crippen LogP contribution in [-0.2, 0) is 9.53 Å². The third-order valence-corrected chi connectivity index (χ3v) is 4.66. The quantitative estimate of drug-likeness (QED) is 0.462. The fraction of sp³-hybridized carbons (Fsp3) is 0.273. The van der Waals surface area contributed by atoms with Crippen LogP contribution in [0.5, 0.6) is 17.2 Å². The number of aryl methyl sites for hydroxylation is 1. The van der Waals surface area contributed by atoms with Gasteiger partial charge in [0.05, 0.1) is 26.9 Å². The minimum Gasteiger partial charge on any atom is -0.493 e. The fourth-order valence-electron chi connectivity index (χ4n) is 3.15. The lowest BCUT2D eigenvalue weighted by Gasteiger charge is -2.14. The SMILES string of the molecule is COC(=O)[C@@H](C)Oc1ccc2c(C)c(-c3ccc(OC)c(OC)c3)c(=O)oc2c1. The average Bonchev–Trinajstić information content (AvgIpc) is 2.72. The maximum Gasteiger partial charge on any atom is 0.346 e. The van der Waals surface area contributed by atoms with E-state index in [4.69, 9.17) is 18.6 Å². The van der Waals surface area contributed by atoms with Crippen molar-refractivity contribution in [3.05, 3.63) is 52.4 Å². The molecule has 0 radical (unpaired) electrons. The van der Waals surface area contributed by atoms with Gasteiger partial charge in [0.25, 0.3) is 0 Å². The van der Waals surface area contributed by atoms with E-state index in [0.717, 1.165) is 10.9 Å². The number of carbonyl (C=O) groups excluding carboxylic acids is 1. The van der Waals surface area contributed by atoms with Crippen molar-refractivity contribution in [2.45, 2.75) is 20.0 Å². The molecule has 152 valence electrons. The third kappa shape index (κ3) is 3.89. The zero-order valence-corrected chi connectivity index (χ0v) is 16.9. The van der Waals surface area contributed by atoms with E-state index in [-0.39, 0.29) is 0 Å². The van der Waals surface area contributed by atoms with Gasteiger partial charge < -0.3 is 23.4 Å². The summed E-state index contributed by atoms with van der Waals surface area (Å²) in [6.07, 6.45) is -0.781. The summed E-state index contributed by atoms with van der Waals surface area (Å²) in [5.41, 5.74) is 1.74. The molecule has 0 aliphatic rings. The van der Waals surface area contributed by atoms with Gasteiger partial charge in [0.1, 0.15) is 11.3 Å². The van der Waals surface area contributed by atoms with Crippen LogP contribution in [0.25, 0.3) is 22.1 Å². The zero-order chi connectivity index (χ0) is 21.1. The molecule has 7 heteroatoms. The van der Waals surface area contributed by atoms with Crippen molar-refractivity contribution < 1.29 is 28.2 Å². The third-order valence-electron chi connectivity index (χ3n) is 4.66. The van der Waals surface area contributed by atoms with E-state index in [2.05, 4.69) is 4.74 Å². The van der Waals surface area contributed by atoms with Crippen molar-refractivity contribution in [1.29, 1.82) is 0 Å². The molecule has 7 nitrogen and oxygen atoms in total. The lowest BCUT2D eigenvalue weighted by Crippen LogP contribution is -2.24. The van der Waals surface area contributed by atoms with E-state index < -0.39 is 17.7 Å². The zero-order valence-electron chi connectivity index (χ0n) is 16.9. The topological polar surface area (TPSA) is 84.2 Å². The Morgan fingerprint density at radius 3 is 2.38 bits per heavy atom. The number of methoxy groups -OCH3 is 3. The maximum absolute atomic E-state index is 12.7. The van der Waals surface area contributed by atoms with Crippen LogP contribution in [0.3, 0.4) is 0 Å². The number of hydrogen-bond acceptors (Lipinski definition) is 7. The maximum atomic E-state index is 12.7. The second kappa shape index (κ2) is 8.26. The molecule has 29 heavy (non-hydrogen) atoms. The molecular formula is C22H22O7. The van der Waals surface area contributed by atoms with Crippen molar-refractivity contribution in [2.75, 3.05) is 21.3 Å². The van der Waals surface area contributed by atoms with Gasteiger partial charge in [-0.1, -0.05) is 6.07 Å². The van der Waals surface area contributed by atoms with E-state index in [0.29, 0.717) is 34.0 Å². The van der Waals surface area contributed by atoms with E-state index in [9.17, 15) is 9.59 Å². The van der Waals surface area contributed by atoms with Crippen molar-refractivity contribution in [1.82, 2.24) is 0 Å². The van der Waals surface area contributed by atoms with Crippen LogP contribution < -0.4 is 19.8 Å². The second-order valence-electron chi connectivity index (χ2n) is 6.40. The van der Waals surface area contributed by atoms with Crippen molar-refractivity contribution in [2.24, 2.45) is 0 Å². The number of benzene rings is 2. The molecule has 1 aromatic heterocycles. The number of rotatable bonds is 6. The first-order valence-electron chi connectivity index (χ1n) is 8.94. The van der Waals surface area contributed by atoms with Gasteiger partial charge in [-0.25, -0.2) is 9.59 Å². The van der Waals surface area contributed by atoms with Crippen molar-refractivity contribution >= 4 is 16.9 Å². The Morgan fingerprint density at radius 2 is 1.72 bits per heavy atom. The molecular weight excluding hydrogens is 376 g/mol. The van der Waals surface area contributed by atoms with E-state index in [1.165, 1.54) is 14.2 Å². The lowest BCUT2D eigenvalue weighted by molar-refractivity contribution is -0.147. The highest BCUT2D eigenvalue weighted by atomic mass is 16.6. The minimum absolute atomic E-state index is 0.367. The molecule has 0 fully saturated rings. The van der Waals surface area contributed by atoms with Gasteiger partial charge in [-0.2, -0.15) is 0 Å². The van der Waals surface area contributed by atoms with Crippen molar-refractivity contribution in [3.8, 4) is 28.4 Å². The predicted molar refractivity (Wildman–Crippen MR) is 108 cm³/mol. The molecule has 0 spiro atoms. The summed E-state index contributed by atoms with van der Waals surface area (Å²) < 4.78 is 26.3. The summed E-state index contributed by atoms with van der Waals surface area (Å²) in [7, 11) is 4.38. The Morgan fingerprint density at radius 1 is 1.00 bits per heavy atom. The number of ether oxygens (including phenoxy) is 4. The monoisotopic (exact) mass is 398 g/mol. The second-order valence-corrected chi connectivity index (χ2v) is 6.40. The smallest absolute Gasteiger partial charge is 0.346 e. The molecule has 2 aromatic carbocycles. The highest BCUT2D eigenvalue weighted by molar-refractivity contribution is 5.88. The number of esters is 1. The lowest BCUT2D eigenvalue weighted by atomic mass is 9.99. The molecule has 0 N–H and O–H groups in total. The molecule has 0 aliphatic carbocycles. The highest BCUT2D eigenvalue weighted by Crippen LogP contribution is 2.34. The van der Waals surface area contributed by atoms with E-state index >= 15 is 0 Å². The van der Waals surface area contributed by atoms with Crippen molar-refractivity contribution in [3.63, 3.8) is 0 Å². The number of hydrogen-bond donors (Lipinski definition) is 0. The highest BCUT2D eigenvalue weighted by Gasteiger charge is 2.18. The molecule has 0 bridgehead atoms. The van der Waals surface area contributed by atoms with Crippen LogP contribution in [0.1, 0.15) is 12.5 Å². The summed E-state index contributed by atoms with van der Waals surface area (Å²) in [5, 5.41) is 0.757.